The summed E-state index contributed by atoms with van der Waals surface area (Å²) >= 11 is 0. The third kappa shape index (κ3) is 7.63. The van der Waals surface area contributed by atoms with E-state index in [-0.39, 0.29) is 23.3 Å². The van der Waals surface area contributed by atoms with Crippen molar-refractivity contribution in [1.29, 1.82) is 0 Å². The summed E-state index contributed by atoms with van der Waals surface area (Å²) in [6.07, 6.45) is 0.750. The number of sulfonamides is 1. The van der Waals surface area contributed by atoms with Crippen molar-refractivity contribution < 1.29 is 22.7 Å². The fourth-order valence-corrected chi connectivity index (χ4v) is 5.62. The van der Waals surface area contributed by atoms with E-state index in [0.29, 0.717) is 18.0 Å². The fraction of sp³-hybridized carbons (Fsp3) is 0.355. The van der Waals surface area contributed by atoms with Crippen LogP contribution in [-0.4, -0.2) is 51.4 Å². The van der Waals surface area contributed by atoms with Crippen molar-refractivity contribution in [3.05, 3.63) is 90.0 Å². The van der Waals surface area contributed by atoms with Gasteiger partial charge in [0.1, 0.15) is 18.3 Å². The lowest BCUT2D eigenvalue weighted by Gasteiger charge is -2.32. The van der Waals surface area contributed by atoms with E-state index in [2.05, 4.69) is 19.2 Å². The number of carbonyl (C=O) groups is 2. The van der Waals surface area contributed by atoms with Gasteiger partial charge in [-0.05, 0) is 66.8 Å². The van der Waals surface area contributed by atoms with Crippen LogP contribution in [0.4, 0.5) is 5.69 Å². The molecule has 0 saturated carbocycles. The van der Waals surface area contributed by atoms with Crippen LogP contribution in [0.5, 0.6) is 5.75 Å². The SMILES string of the molecule is CCCNC(=O)C(C)N(Cc1ccc(OC)cc1)C(=O)CN(c1ccc(C(C)C)cc1)S(=O)(=O)c1ccccc1. The maximum atomic E-state index is 13.9. The smallest absolute Gasteiger partial charge is 0.264 e. The molecular weight excluding hydrogens is 526 g/mol. The Balaban J connectivity index is 2.01. The normalized spacial score (nSPS) is 12.1. The molecule has 0 fully saturated rings. The molecule has 2 amide bonds. The number of anilines is 1. The Morgan fingerprint density at radius 1 is 0.900 bits per heavy atom. The molecule has 0 bridgehead atoms. The summed E-state index contributed by atoms with van der Waals surface area (Å²) in [6.45, 7) is 7.83. The molecule has 0 aliphatic heterocycles. The van der Waals surface area contributed by atoms with E-state index in [9.17, 15) is 18.0 Å². The van der Waals surface area contributed by atoms with Crippen LogP contribution < -0.4 is 14.4 Å². The Morgan fingerprint density at radius 3 is 2.08 bits per heavy atom. The van der Waals surface area contributed by atoms with E-state index in [0.717, 1.165) is 21.9 Å². The first-order valence-corrected chi connectivity index (χ1v) is 14.9. The van der Waals surface area contributed by atoms with Gasteiger partial charge in [0.15, 0.2) is 0 Å². The molecule has 1 N–H and O–H groups in total. The van der Waals surface area contributed by atoms with Crippen LogP contribution in [0.1, 0.15) is 51.2 Å². The van der Waals surface area contributed by atoms with Crippen molar-refractivity contribution in [2.24, 2.45) is 0 Å². The van der Waals surface area contributed by atoms with Crippen molar-refractivity contribution in [3.63, 3.8) is 0 Å². The van der Waals surface area contributed by atoms with E-state index >= 15 is 0 Å². The highest BCUT2D eigenvalue weighted by molar-refractivity contribution is 7.92. The van der Waals surface area contributed by atoms with Gasteiger partial charge >= 0.3 is 0 Å². The average molecular weight is 566 g/mol. The van der Waals surface area contributed by atoms with Gasteiger partial charge in [0.05, 0.1) is 17.7 Å². The van der Waals surface area contributed by atoms with Crippen molar-refractivity contribution in [2.45, 2.75) is 57.5 Å². The lowest BCUT2D eigenvalue weighted by molar-refractivity contribution is -0.139. The Morgan fingerprint density at radius 2 is 1.52 bits per heavy atom. The summed E-state index contributed by atoms with van der Waals surface area (Å²) < 4.78 is 34.0. The summed E-state index contributed by atoms with van der Waals surface area (Å²) in [5.41, 5.74) is 2.20. The largest absolute Gasteiger partial charge is 0.497 e. The minimum absolute atomic E-state index is 0.0752. The van der Waals surface area contributed by atoms with Gasteiger partial charge in [0, 0.05) is 13.1 Å². The van der Waals surface area contributed by atoms with Gasteiger partial charge in [-0.1, -0.05) is 63.2 Å². The zero-order chi connectivity index (χ0) is 29.3. The molecule has 0 aliphatic carbocycles. The van der Waals surface area contributed by atoms with Crippen LogP contribution in [-0.2, 0) is 26.2 Å². The van der Waals surface area contributed by atoms with Gasteiger partial charge in [0.25, 0.3) is 10.0 Å². The van der Waals surface area contributed by atoms with Crippen molar-refractivity contribution in [1.82, 2.24) is 10.2 Å². The molecule has 0 spiro atoms. The van der Waals surface area contributed by atoms with Crippen LogP contribution in [0, 0.1) is 0 Å². The van der Waals surface area contributed by atoms with Crippen LogP contribution in [0.2, 0.25) is 0 Å². The number of amides is 2. The number of rotatable bonds is 13. The molecule has 3 aromatic rings. The van der Waals surface area contributed by atoms with Crippen molar-refractivity contribution >= 4 is 27.5 Å². The second kappa shape index (κ2) is 14.0. The standard InChI is InChI=1S/C31H39N3O5S/c1-6-20-32-31(36)24(4)33(21-25-12-18-28(39-5)19-13-25)30(35)22-34(27-16-14-26(15-17-27)23(2)3)40(37,38)29-10-8-7-9-11-29/h7-19,23-24H,6,20-22H2,1-5H3,(H,32,36). The van der Waals surface area contributed by atoms with E-state index in [1.807, 2.05) is 31.2 Å². The summed E-state index contributed by atoms with van der Waals surface area (Å²) in [4.78, 5) is 28.4. The Bertz CT molecular complexity index is 1360. The molecule has 0 radical (unpaired) electrons. The highest BCUT2D eigenvalue weighted by Gasteiger charge is 2.32. The highest BCUT2D eigenvalue weighted by atomic mass is 32.2. The van der Waals surface area contributed by atoms with Crippen molar-refractivity contribution in [3.8, 4) is 5.75 Å². The van der Waals surface area contributed by atoms with E-state index < -0.39 is 28.5 Å². The maximum Gasteiger partial charge on any atom is 0.264 e. The first-order valence-electron chi connectivity index (χ1n) is 13.5. The summed E-state index contributed by atoms with van der Waals surface area (Å²) in [6, 6.07) is 21.6. The Labute approximate surface area is 238 Å². The number of ether oxygens (including phenoxy) is 1. The number of methoxy groups -OCH3 is 1. The van der Waals surface area contributed by atoms with Gasteiger partial charge in [-0.15, -0.1) is 0 Å². The molecule has 1 unspecified atom stereocenters. The topological polar surface area (TPSA) is 96.0 Å². The van der Waals surface area contributed by atoms with Gasteiger partial charge < -0.3 is 15.0 Å². The van der Waals surface area contributed by atoms with E-state index in [1.54, 1.807) is 56.5 Å². The number of carbonyl (C=O) groups excluding carboxylic acids is 2. The third-order valence-electron chi connectivity index (χ3n) is 6.69. The lowest BCUT2D eigenvalue weighted by atomic mass is 10.0. The Hall–Kier alpha value is -3.85. The third-order valence-corrected chi connectivity index (χ3v) is 8.47. The molecule has 0 heterocycles. The number of nitrogens with one attached hydrogen (secondary N) is 1. The lowest BCUT2D eigenvalue weighted by Crippen LogP contribution is -2.51. The molecule has 9 heteroatoms. The van der Waals surface area contributed by atoms with Crippen LogP contribution >= 0.6 is 0 Å². The fourth-order valence-electron chi connectivity index (χ4n) is 4.18. The monoisotopic (exact) mass is 565 g/mol. The van der Waals surface area contributed by atoms with Gasteiger partial charge in [0.2, 0.25) is 11.8 Å². The first kappa shape index (κ1) is 30.7. The van der Waals surface area contributed by atoms with Crippen LogP contribution in [0.15, 0.2) is 83.8 Å². The zero-order valence-corrected chi connectivity index (χ0v) is 24.6. The molecular formula is C31H39N3O5S. The average Bonchev–Trinajstić information content (AvgIpc) is 2.97. The predicted molar refractivity (Wildman–Crippen MR) is 158 cm³/mol. The summed E-state index contributed by atoms with van der Waals surface area (Å²) in [5.74, 6) is 0.127. The predicted octanol–water partition coefficient (Wildman–Crippen LogP) is 4.96. The van der Waals surface area contributed by atoms with E-state index in [4.69, 9.17) is 4.74 Å². The van der Waals surface area contributed by atoms with Gasteiger partial charge in [-0.3, -0.25) is 13.9 Å². The molecule has 8 nitrogen and oxygen atoms in total. The molecule has 0 aliphatic rings. The maximum absolute atomic E-state index is 13.9. The minimum Gasteiger partial charge on any atom is -0.497 e. The van der Waals surface area contributed by atoms with E-state index in [1.165, 1.54) is 17.0 Å². The summed E-state index contributed by atoms with van der Waals surface area (Å²) in [5, 5.41) is 2.84. The highest BCUT2D eigenvalue weighted by Crippen LogP contribution is 2.26. The minimum atomic E-state index is -4.09. The molecule has 0 aromatic heterocycles. The van der Waals surface area contributed by atoms with Crippen LogP contribution in [0.25, 0.3) is 0 Å². The second-order valence-corrected chi connectivity index (χ2v) is 11.8. The molecule has 40 heavy (non-hydrogen) atoms. The summed E-state index contributed by atoms with van der Waals surface area (Å²) in [7, 11) is -2.52. The number of benzene rings is 3. The van der Waals surface area contributed by atoms with Crippen LogP contribution in [0.3, 0.4) is 0 Å². The molecule has 3 aromatic carbocycles. The number of nitrogens with zero attached hydrogens (tertiary/aromatic N) is 2. The van der Waals surface area contributed by atoms with Crippen molar-refractivity contribution in [2.75, 3.05) is 24.5 Å². The molecule has 1 atom stereocenters. The van der Waals surface area contributed by atoms with Gasteiger partial charge in [-0.25, -0.2) is 8.42 Å². The molecule has 214 valence electrons. The molecule has 0 saturated heterocycles. The second-order valence-electron chi connectivity index (χ2n) is 9.91. The Kier molecular flexibility index (Phi) is 10.7. The number of hydrogen-bond acceptors (Lipinski definition) is 5. The quantitative estimate of drug-likeness (QED) is 0.316. The number of hydrogen-bond donors (Lipinski definition) is 1. The first-order chi connectivity index (χ1) is 19.1. The van der Waals surface area contributed by atoms with Gasteiger partial charge in [-0.2, -0.15) is 0 Å². The molecule has 3 rings (SSSR count). The zero-order valence-electron chi connectivity index (χ0n) is 23.8.